The van der Waals surface area contributed by atoms with Crippen LogP contribution in [0.2, 0.25) is 0 Å². The summed E-state index contributed by atoms with van der Waals surface area (Å²) in [6.45, 7) is 2.69. The van der Waals surface area contributed by atoms with Gasteiger partial charge in [-0.3, -0.25) is 4.79 Å². The summed E-state index contributed by atoms with van der Waals surface area (Å²) >= 11 is 0. The number of rotatable bonds is 9. The molecule has 184 valence electrons. The van der Waals surface area contributed by atoms with Gasteiger partial charge in [0.1, 0.15) is 0 Å². The molecule has 0 radical (unpaired) electrons. The number of benzene rings is 3. The lowest BCUT2D eigenvalue weighted by Crippen LogP contribution is -2.34. The maximum Gasteiger partial charge on any atom is 0.338 e. The zero-order valence-corrected chi connectivity index (χ0v) is 20.3. The Balaban J connectivity index is 1.37. The monoisotopic (exact) mass is 496 g/mol. The van der Waals surface area contributed by atoms with Crippen LogP contribution < -0.4 is 9.62 Å². The fraction of sp³-hybridized carbons (Fsp3) is 0.308. The molecular weight excluding hydrogens is 468 g/mol. The molecule has 1 unspecified atom stereocenters. The van der Waals surface area contributed by atoms with Crippen molar-refractivity contribution >= 4 is 38.4 Å². The van der Waals surface area contributed by atoms with Crippen LogP contribution in [0.25, 0.3) is 10.8 Å². The van der Waals surface area contributed by atoms with Gasteiger partial charge in [-0.15, -0.1) is 0 Å². The number of hydrogen-bond donors (Lipinski definition) is 1. The Labute approximate surface area is 204 Å². The summed E-state index contributed by atoms with van der Waals surface area (Å²) < 4.78 is 38.2. The quantitative estimate of drug-likeness (QED) is 0.455. The van der Waals surface area contributed by atoms with Crippen LogP contribution in [-0.2, 0) is 24.3 Å². The zero-order chi connectivity index (χ0) is 24.8. The number of nitrogens with zero attached hydrogens (tertiary/aromatic N) is 1. The lowest BCUT2D eigenvalue weighted by Gasteiger charge is -2.22. The predicted octanol–water partition coefficient (Wildman–Crippen LogP) is 3.51. The molecule has 1 amide bonds. The number of esters is 1. The zero-order valence-electron chi connectivity index (χ0n) is 19.5. The smallest absolute Gasteiger partial charge is 0.338 e. The number of amides is 1. The van der Waals surface area contributed by atoms with E-state index in [2.05, 4.69) is 4.72 Å². The SMILES string of the molecule is CCN(C(=O)COC(=O)c1ccc(S(=O)(=O)NCC2CCCO2)cc1)c1cccc2ccccc12. The first-order chi connectivity index (χ1) is 16.9. The molecule has 0 bridgehead atoms. The highest BCUT2D eigenvalue weighted by atomic mass is 32.2. The van der Waals surface area contributed by atoms with Crippen LogP contribution in [-0.4, -0.2) is 52.7 Å². The third kappa shape index (κ3) is 5.87. The number of likely N-dealkylation sites (N-methyl/N-ethyl adjacent to an activating group) is 1. The molecule has 35 heavy (non-hydrogen) atoms. The molecule has 1 atom stereocenters. The lowest BCUT2D eigenvalue weighted by molar-refractivity contribution is -0.121. The molecule has 1 fully saturated rings. The van der Waals surface area contributed by atoms with Gasteiger partial charge >= 0.3 is 5.97 Å². The van der Waals surface area contributed by atoms with Crippen molar-refractivity contribution in [2.45, 2.75) is 30.8 Å². The molecule has 1 aliphatic rings. The average molecular weight is 497 g/mol. The fourth-order valence-corrected chi connectivity index (χ4v) is 5.14. The van der Waals surface area contributed by atoms with Gasteiger partial charge < -0.3 is 14.4 Å². The third-order valence-corrected chi connectivity index (χ3v) is 7.37. The Morgan fingerprint density at radius 1 is 1.06 bits per heavy atom. The maximum atomic E-state index is 12.9. The maximum absolute atomic E-state index is 12.9. The largest absolute Gasteiger partial charge is 0.452 e. The minimum absolute atomic E-state index is 0.0382. The summed E-state index contributed by atoms with van der Waals surface area (Å²) in [6.07, 6.45) is 1.62. The van der Waals surface area contributed by atoms with Crippen LogP contribution in [0.1, 0.15) is 30.1 Å². The molecule has 1 saturated heterocycles. The van der Waals surface area contributed by atoms with E-state index >= 15 is 0 Å². The van der Waals surface area contributed by atoms with Gasteiger partial charge in [0, 0.05) is 25.1 Å². The first-order valence-electron chi connectivity index (χ1n) is 11.6. The highest BCUT2D eigenvalue weighted by Gasteiger charge is 2.22. The Morgan fingerprint density at radius 2 is 1.80 bits per heavy atom. The number of ether oxygens (including phenoxy) is 2. The highest BCUT2D eigenvalue weighted by molar-refractivity contribution is 7.89. The van der Waals surface area contributed by atoms with E-state index in [1.54, 1.807) is 4.90 Å². The van der Waals surface area contributed by atoms with Crippen LogP contribution >= 0.6 is 0 Å². The first-order valence-corrected chi connectivity index (χ1v) is 13.0. The lowest BCUT2D eigenvalue weighted by atomic mass is 10.1. The Bertz CT molecular complexity index is 1300. The summed E-state index contributed by atoms with van der Waals surface area (Å²) in [5.41, 5.74) is 0.904. The first kappa shape index (κ1) is 24.8. The van der Waals surface area contributed by atoms with Gasteiger partial charge in [0.25, 0.3) is 5.91 Å². The third-order valence-electron chi connectivity index (χ3n) is 5.93. The predicted molar refractivity (Wildman–Crippen MR) is 133 cm³/mol. The molecular formula is C26H28N2O6S. The van der Waals surface area contributed by atoms with E-state index in [-0.39, 0.29) is 29.0 Å². The van der Waals surface area contributed by atoms with Crippen molar-refractivity contribution in [3.8, 4) is 0 Å². The highest BCUT2D eigenvalue weighted by Crippen LogP contribution is 2.26. The second-order valence-corrected chi connectivity index (χ2v) is 9.99. The number of sulfonamides is 1. The minimum atomic E-state index is -3.72. The average Bonchev–Trinajstić information content (AvgIpc) is 3.41. The van der Waals surface area contributed by atoms with Gasteiger partial charge in [0.05, 0.1) is 22.3 Å². The van der Waals surface area contributed by atoms with Crippen LogP contribution in [0.3, 0.4) is 0 Å². The van der Waals surface area contributed by atoms with E-state index in [9.17, 15) is 18.0 Å². The van der Waals surface area contributed by atoms with Crippen molar-refractivity contribution in [1.82, 2.24) is 4.72 Å². The second kappa shape index (κ2) is 11.0. The standard InChI is InChI=1S/C26H28N2O6S/c1-2-28(24-11-5-8-19-7-3-4-10-23(19)24)25(29)18-34-26(30)20-12-14-22(15-13-20)35(31,32)27-17-21-9-6-16-33-21/h3-5,7-8,10-15,21,27H,2,6,9,16-18H2,1H3. The molecule has 0 spiro atoms. The number of nitrogens with one attached hydrogen (secondary N) is 1. The van der Waals surface area contributed by atoms with Gasteiger partial charge in [-0.2, -0.15) is 0 Å². The van der Waals surface area contributed by atoms with Crippen LogP contribution in [0.4, 0.5) is 5.69 Å². The Hall–Kier alpha value is -3.27. The van der Waals surface area contributed by atoms with E-state index in [1.165, 1.54) is 24.3 Å². The van der Waals surface area contributed by atoms with Crippen LogP contribution in [0.15, 0.2) is 71.6 Å². The molecule has 0 aromatic heterocycles. The van der Waals surface area contributed by atoms with E-state index in [0.717, 1.165) is 29.3 Å². The van der Waals surface area contributed by atoms with Crippen molar-refractivity contribution in [1.29, 1.82) is 0 Å². The number of fused-ring (bicyclic) bond motifs is 1. The molecule has 0 aliphatic carbocycles. The summed E-state index contributed by atoms with van der Waals surface area (Å²) in [5, 5.41) is 1.94. The molecule has 4 rings (SSSR count). The number of carbonyl (C=O) groups is 2. The van der Waals surface area contributed by atoms with Gasteiger partial charge in [-0.05, 0) is 55.5 Å². The van der Waals surface area contributed by atoms with E-state index in [0.29, 0.717) is 13.2 Å². The van der Waals surface area contributed by atoms with Crippen molar-refractivity contribution < 1.29 is 27.5 Å². The van der Waals surface area contributed by atoms with Crippen molar-refractivity contribution in [2.75, 3.05) is 31.2 Å². The topological polar surface area (TPSA) is 102 Å². The fourth-order valence-electron chi connectivity index (χ4n) is 4.07. The number of carbonyl (C=O) groups excluding carboxylic acids is 2. The summed E-state index contributed by atoms with van der Waals surface area (Å²) in [5.74, 6) is -1.06. The van der Waals surface area contributed by atoms with E-state index in [4.69, 9.17) is 9.47 Å². The van der Waals surface area contributed by atoms with Gasteiger partial charge in [0.2, 0.25) is 10.0 Å². The van der Waals surface area contributed by atoms with Gasteiger partial charge in [-0.1, -0.05) is 36.4 Å². The van der Waals surface area contributed by atoms with Crippen molar-refractivity contribution in [2.24, 2.45) is 0 Å². The van der Waals surface area contributed by atoms with Crippen LogP contribution in [0.5, 0.6) is 0 Å². The Kier molecular flexibility index (Phi) is 7.80. The van der Waals surface area contributed by atoms with Crippen molar-refractivity contribution in [3.63, 3.8) is 0 Å². The summed E-state index contributed by atoms with van der Waals surface area (Å²) in [6, 6.07) is 18.9. The summed E-state index contributed by atoms with van der Waals surface area (Å²) in [7, 11) is -3.72. The molecule has 3 aromatic rings. The van der Waals surface area contributed by atoms with Gasteiger partial charge in [-0.25, -0.2) is 17.9 Å². The molecule has 1 heterocycles. The number of anilines is 1. The summed E-state index contributed by atoms with van der Waals surface area (Å²) in [4.78, 5) is 27.0. The molecule has 9 heteroatoms. The molecule has 8 nitrogen and oxygen atoms in total. The second-order valence-electron chi connectivity index (χ2n) is 8.22. The van der Waals surface area contributed by atoms with Crippen LogP contribution in [0, 0.1) is 0 Å². The van der Waals surface area contributed by atoms with E-state index < -0.39 is 22.6 Å². The molecule has 0 saturated carbocycles. The molecule has 1 N–H and O–H groups in total. The normalized spacial score (nSPS) is 15.7. The Morgan fingerprint density at radius 3 is 2.51 bits per heavy atom. The van der Waals surface area contributed by atoms with Gasteiger partial charge in [0.15, 0.2) is 6.61 Å². The number of hydrogen-bond acceptors (Lipinski definition) is 6. The molecule has 1 aliphatic heterocycles. The molecule has 3 aromatic carbocycles. The van der Waals surface area contributed by atoms with E-state index in [1.807, 2.05) is 49.4 Å². The van der Waals surface area contributed by atoms with Crippen molar-refractivity contribution in [3.05, 3.63) is 72.3 Å². The minimum Gasteiger partial charge on any atom is -0.452 e.